The second-order valence-corrected chi connectivity index (χ2v) is 4.87. The van der Waals surface area contributed by atoms with Gasteiger partial charge < -0.3 is 15.3 Å². The number of carbonyl (C=O) groups is 2. The van der Waals surface area contributed by atoms with Crippen LogP contribution < -0.4 is 0 Å². The molecule has 3 atom stereocenters. The molecule has 0 aromatic heterocycles. The summed E-state index contributed by atoms with van der Waals surface area (Å²) in [6.45, 7) is 1.58. The highest BCUT2D eigenvalue weighted by atomic mass is 16.4. The Labute approximate surface area is 117 Å². The molecule has 0 saturated heterocycles. The third kappa shape index (κ3) is 4.06. The van der Waals surface area contributed by atoms with Gasteiger partial charge in [0.2, 0.25) is 0 Å². The number of hydrogen-bond acceptors (Lipinski definition) is 3. The van der Waals surface area contributed by atoms with E-state index >= 15 is 0 Å². The summed E-state index contributed by atoms with van der Waals surface area (Å²) < 4.78 is 0. The SMILES string of the molecule is CC(c1ccccc1)C(C(=O)O)C(CCCO)C(=O)O. The Hall–Kier alpha value is -1.88. The third-order valence-corrected chi connectivity index (χ3v) is 3.57. The smallest absolute Gasteiger partial charge is 0.307 e. The Bertz CT molecular complexity index is 443. The molecule has 0 saturated carbocycles. The van der Waals surface area contributed by atoms with Crippen LogP contribution in [0.1, 0.15) is 31.2 Å². The molecule has 0 heterocycles. The van der Waals surface area contributed by atoms with Gasteiger partial charge in [-0.2, -0.15) is 0 Å². The molecular weight excluding hydrogens is 260 g/mol. The van der Waals surface area contributed by atoms with E-state index in [4.69, 9.17) is 5.11 Å². The zero-order valence-corrected chi connectivity index (χ0v) is 11.4. The molecule has 0 radical (unpaired) electrons. The first-order valence-electron chi connectivity index (χ1n) is 6.60. The minimum atomic E-state index is -1.13. The van der Waals surface area contributed by atoms with Gasteiger partial charge >= 0.3 is 11.9 Å². The summed E-state index contributed by atoms with van der Waals surface area (Å²) in [7, 11) is 0. The van der Waals surface area contributed by atoms with Gasteiger partial charge in [0.15, 0.2) is 0 Å². The van der Waals surface area contributed by atoms with Crippen molar-refractivity contribution in [3.05, 3.63) is 35.9 Å². The Morgan fingerprint density at radius 3 is 2.15 bits per heavy atom. The van der Waals surface area contributed by atoms with Crippen molar-refractivity contribution in [2.24, 2.45) is 11.8 Å². The monoisotopic (exact) mass is 280 g/mol. The number of hydrogen-bond donors (Lipinski definition) is 3. The van der Waals surface area contributed by atoms with E-state index in [2.05, 4.69) is 0 Å². The molecule has 3 unspecified atom stereocenters. The molecule has 0 fully saturated rings. The van der Waals surface area contributed by atoms with Gasteiger partial charge in [0, 0.05) is 6.61 Å². The molecule has 0 amide bonds. The number of aliphatic hydroxyl groups is 1. The molecule has 5 nitrogen and oxygen atoms in total. The predicted octanol–water partition coefficient (Wildman–Crippen LogP) is 1.96. The second kappa shape index (κ2) is 7.65. The summed E-state index contributed by atoms with van der Waals surface area (Å²) in [5, 5.41) is 27.5. The van der Waals surface area contributed by atoms with Gasteiger partial charge in [-0.1, -0.05) is 37.3 Å². The van der Waals surface area contributed by atoms with Crippen molar-refractivity contribution in [1.29, 1.82) is 0 Å². The van der Waals surface area contributed by atoms with Gasteiger partial charge in [-0.3, -0.25) is 9.59 Å². The Morgan fingerprint density at radius 1 is 1.10 bits per heavy atom. The highest BCUT2D eigenvalue weighted by Crippen LogP contribution is 2.33. The first kappa shape index (κ1) is 16.2. The fourth-order valence-electron chi connectivity index (χ4n) is 2.47. The zero-order valence-electron chi connectivity index (χ0n) is 11.4. The maximum atomic E-state index is 11.5. The largest absolute Gasteiger partial charge is 0.481 e. The van der Waals surface area contributed by atoms with Crippen molar-refractivity contribution in [2.45, 2.75) is 25.7 Å². The van der Waals surface area contributed by atoms with Crippen molar-refractivity contribution < 1.29 is 24.9 Å². The summed E-state index contributed by atoms with van der Waals surface area (Å²) in [6, 6.07) is 9.02. The molecule has 3 N–H and O–H groups in total. The summed E-state index contributed by atoms with van der Waals surface area (Å²) in [5.41, 5.74) is 0.801. The molecular formula is C15H20O5. The lowest BCUT2D eigenvalue weighted by atomic mass is 9.77. The van der Waals surface area contributed by atoms with Crippen LogP contribution in [-0.2, 0) is 9.59 Å². The van der Waals surface area contributed by atoms with Gasteiger partial charge in [-0.05, 0) is 24.3 Å². The minimum absolute atomic E-state index is 0.143. The highest BCUT2D eigenvalue weighted by molar-refractivity contribution is 5.80. The zero-order chi connectivity index (χ0) is 15.1. The fraction of sp³-hybridized carbons (Fsp3) is 0.467. The van der Waals surface area contributed by atoms with Gasteiger partial charge in [0.05, 0.1) is 11.8 Å². The van der Waals surface area contributed by atoms with Crippen LogP contribution in [0.5, 0.6) is 0 Å². The number of rotatable bonds is 8. The van der Waals surface area contributed by atoms with Crippen LogP contribution in [0.2, 0.25) is 0 Å². The van der Waals surface area contributed by atoms with Crippen LogP contribution >= 0.6 is 0 Å². The fourth-order valence-corrected chi connectivity index (χ4v) is 2.47. The van der Waals surface area contributed by atoms with Gasteiger partial charge in [-0.25, -0.2) is 0 Å². The lowest BCUT2D eigenvalue weighted by Gasteiger charge is -2.26. The van der Waals surface area contributed by atoms with E-state index in [1.807, 2.05) is 6.07 Å². The third-order valence-electron chi connectivity index (χ3n) is 3.57. The van der Waals surface area contributed by atoms with E-state index in [9.17, 15) is 19.8 Å². The predicted molar refractivity (Wildman–Crippen MR) is 73.4 cm³/mol. The molecule has 1 aromatic rings. The Morgan fingerprint density at radius 2 is 1.70 bits per heavy atom. The molecule has 0 aliphatic carbocycles. The minimum Gasteiger partial charge on any atom is -0.481 e. The summed E-state index contributed by atoms with van der Waals surface area (Å²) >= 11 is 0. The summed E-state index contributed by atoms with van der Waals surface area (Å²) in [4.78, 5) is 22.8. The topological polar surface area (TPSA) is 94.8 Å². The standard InChI is InChI=1S/C15H20O5/c1-10(11-6-3-2-4-7-11)13(15(19)20)12(14(17)18)8-5-9-16/h2-4,6-7,10,12-13,16H,5,8-9H2,1H3,(H,17,18)(H,19,20). The molecule has 110 valence electrons. The van der Waals surface area contributed by atoms with Crippen molar-refractivity contribution >= 4 is 11.9 Å². The molecule has 20 heavy (non-hydrogen) atoms. The van der Waals surface area contributed by atoms with E-state index < -0.39 is 29.7 Å². The molecule has 0 spiro atoms. The molecule has 1 rings (SSSR count). The Kier molecular flexibility index (Phi) is 6.18. The van der Waals surface area contributed by atoms with Crippen LogP contribution in [0.15, 0.2) is 30.3 Å². The van der Waals surface area contributed by atoms with Crippen LogP contribution in [0.25, 0.3) is 0 Å². The number of benzene rings is 1. The highest BCUT2D eigenvalue weighted by Gasteiger charge is 2.37. The first-order chi connectivity index (χ1) is 9.49. The molecule has 0 bridgehead atoms. The lowest BCUT2D eigenvalue weighted by molar-refractivity contribution is -0.155. The van der Waals surface area contributed by atoms with Crippen molar-refractivity contribution in [2.75, 3.05) is 6.61 Å². The number of aliphatic hydroxyl groups excluding tert-OH is 1. The van der Waals surface area contributed by atoms with Crippen molar-refractivity contribution in [1.82, 2.24) is 0 Å². The molecule has 0 aliphatic heterocycles. The Balaban J connectivity index is 3.02. The quantitative estimate of drug-likeness (QED) is 0.676. The van der Waals surface area contributed by atoms with Crippen LogP contribution in [0.3, 0.4) is 0 Å². The second-order valence-electron chi connectivity index (χ2n) is 4.87. The first-order valence-corrected chi connectivity index (χ1v) is 6.60. The normalized spacial score (nSPS) is 15.3. The molecule has 5 heteroatoms. The van der Waals surface area contributed by atoms with Crippen molar-refractivity contribution in [3.8, 4) is 0 Å². The van der Waals surface area contributed by atoms with Crippen molar-refractivity contribution in [3.63, 3.8) is 0 Å². The maximum absolute atomic E-state index is 11.5. The number of carboxylic acid groups (broad SMARTS) is 2. The number of carboxylic acids is 2. The van der Waals surface area contributed by atoms with E-state index in [1.54, 1.807) is 31.2 Å². The van der Waals surface area contributed by atoms with Crippen LogP contribution in [-0.4, -0.2) is 33.9 Å². The van der Waals surface area contributed by atoms with Crippen LogP contribution in [0.4, 0.5) is 0 Å². The van der Waals surface area contributed by atoms with Gasteiger partial charge in [-0.15, -0.1) is 0 Å². The summed E-state index contributed by atoms with van der Waals surface area (Å²) in [5.74, 6) is -4.68. The summed E-state index contributed by atoms with van der Waals surface area (Å²) in [6.07, 6.45) is 0.433. The van der Waals surface area contributed by atoms with E-state index in [0.29, 0.717) is 0 Å². The molecule has 0 aliphatic rings. The van der Waals surface area contributed by atoms with E-state index in [0.717, 1.165) is 5.56 Å². The average molecular weight is 280 g/mol. The van der Waals surface area contributed by atoms with Gasteiger partial charge in [0.25, 0.3) is 0 Å². The van der Waals surface area contributed by atoms with E-state index in [-0.39, 0.29) is 19.4 Å². The maximum Gasteiger partial charge on any atom is 0.307 e. The lowest BCUT2D eigenvalue weighted by Crippen LogP contribution is -2.33. The number of aliphatic carboxylic acids is 2. The molecule has 1 aromatic carbocycles. The van der Waals surface area contributed by atoms with Gasteiger partial charge in [0.1, 0.15) is 0 Å². The van der Waals surface area contributed by atoms with E-state index in [1.165, 1.54) is 0 Å². The van der Waals surface area contributed by atoms with Crippen LogP contribution in [0, 0.1) is 11.8 Å². The average Bonchev–Trinajstić information content (AvgIpc) is 2.43.